The smallest absolute Gasteiger partial charge is 0.258 e. The van der Waals surface area contributed by atoms with Crippen molar-refractivity contribution in [3.63, 3.8) is 0 Å². The molecule has 5 rings (SSSR count). The quantitative estimate of drug-likeness (QED) is 0.351. The fourth-order valence-electron chi connectivity index (χ4n) is 3.21. The van der Waals surface area contributed by atoms with Crippen molar-refractivity contribution in [1.29, 1.82) is 0 Å². The summed E-state index contributed by atoms with van der Waals surface area (Å²) in [5.41, 5.74) is 3.32. The molecular weight excluding hydrogens is 452 g/mol. The molecule has 0 N–H and O–H groups in total. The number of thiazole rings is 1. The Hall–Kier alpha value is -3.01. The average Bonchev–Trinajstić information content (AvgIpc) is 3.42. The Morgan fingerprint density at radius 1 is 1.16 bits per heavy atom. The largest absolute Gasteiger partial charge is 0.270 e. The molecule has 0 spiro atoms. The molecule has 0 bridgehead atoms. The Balaban J connectivity index is 1.57. The lowest BCUT2D eigenvalue weighted by Crippen LogP contribution is -2.12. The van der Waals surface area contributed by atoms with Crippen molar-refractivity contribution in [1.82, 2.24) is 29.1 Å². The summed E-state index contributed by atoms with van der Waals surface area (Å²) in [5, 5.41) is 12.1. The summed E-state index contributed by atoms with van der Waals surface area (Å²) >= 11 is 9.30. The number of rotatable bonds is 5. The zero-order chi connectivity index (χ0) is 21.4. The van der Waals surface area contributed by atoms with Gasteiger partial charge in [0, 0.05) is 46.4 Å². The predicted octanol–water partition coefficient (Wildman–Crippen LogP) is 4.65. The van der Waals surface area contributed by atoms with E-state index >= 15 is 0 Å². The molecule has 0 fully saturated rings. The molecule has 0 aliphatic rings. The van der Waals surface area contributed by atoms with Crippen LogP contribution in [-0.4, -0.2) is 29.1 Å². The maximum atomic E-state index is 12.3. The second kappa shape index (κ2) is 8.26. The zero-order valence-corrected chi connectivity index (χ0v) is 18.7. The Morgan fingerprint density at radius 2 is 2.00 bits per heavy atom. The number of hydrogen-bond donors (Lipinski definition) is 0. The van der Waals surface area contributed by atoms with E-state index in [2.05, 4.69) is 20.2 Å². The van der Waals surface area contributed by atoms with Crippen LogP contribution in [0.4, 0.5) is 0 Å². The fourth-order valence-corrected chi connectivity index (χ4v) is 4.95. The van der Waals surface area contributed by atoms with Crippen molar-refractivity contribution in [3.05, 3.63) is 87.0 Å². The molecule has 154 valence electrons. The van der Waals surface area contributed by atoms with Gasteiger partial charge in [0.2, 0.25) is 0 Å². The van der Waals surface area contributed by atoms with E-state index in [1.165, 1.54) is 27.5 Å². The number of halogens is 1. The third-order valence-corrected chi connectivity index (χ3v) is 6.89. The van der Waals surface area contributed by atoms with Crippen LogP contribution in [0.5, 0.6) is 0 Å². The van der Waals surface area contributed by atoms with Crippen molar-refractivity contribution >= 4 is 39.7 Å². The minimum atomic E-state index is -0.0912. The zero-order valence-electron chi connectivity index (χ0n) is 16.3. The monoisotopic (exact) mass is 466 g/mol. The normalized spacial score (nSPS) is 11.3. The predicted molar refractivity (Wildman–Crippen MR) is 123 cm³/mol. The van der Waals surface area contributed by atoms with Crippen LogP contribution in [-0.2, 0) is 5.75 Å². The maximum absolute atomic E-state index is 12.3. The van der Waals surface area contributed by atoms with Crippen LogP contribution in [0, 0.1) is 6.92 Å². The maximum Gasteiger partial charge on any atom is 0.258 e. The van der Waals surface area contributed by atoms with E-state index in [9.17, 15) is 4.79 Å². The van der Waals surface area contributed by atoms with Gasteiger partial charge < -0.3 is 0 Å². The van der Waals surface area contributed by atoms with E-state index in [0.717, 1.165) is 16.8 Å². The summed E-state index contributed by atoms with van der Waals surface area (Å²) < 4.78 is 3.52. The topological polar surface area (TPSA) is 78.0 Å². The molecule has 4 aromatic heterocycles. The van der Waals surface area contributed by atoms with Crippen LogP contribution in [0.3, 0.4) is 0 Å². The van der Waals surface area contributed by atoms with Gasteiger partial charge >= 0.3 is 0 Å². The average molecular weight is 467 g/mol. The van der Waals surface area contributed by atoms with Gasteiger partial charge in [0.1, 0.15) is 0 Å². The highest BCUT2D eigenvalue weighted by atomic mass is 35.5. The lowest BCUT2D eigenvalue weighted by atomic mass is 10.2. The van der Waals surface area contributed by atoms with Gasteiger partial charge in [0.15, 0.2) is 15.9 Å². The number of nitrogens with zero attached hydrogens (tertiary/aromatic N) is 6. The van der Waals surface area contributed by atoms with Crippen molar-refractivity contribution in [2.75, 3.05) is 0 Å². The summed E-state index contributed by atoms with van der Waals surface area (Å²) in [4.78, 5) is 21.6. The molecule has 0 unspecified atom stereocenters. The number of aromatic nitrogens is 6. The van der Waals surface area contributed by atoms with Crippen molar-refractivity contribution in [2.24, 2.45) is 0 Å². The lowest BCUT2D eigenvalue weighted by molar-refractivity contribution is 0.879. The molecule has 7 nitrogen and oxygen atoms in total. The summed E-state index contributed by atoms with van der Waals surface area (Å²) in [6.07, 6.45) is 5.17. The van der Waals surface area contributed by atoms with Crippen LogP contribution >= 0.6 is 34.7 Å². The summed E-state index contributed by atoms with van der Waals surface area (Å²) in [6, 6.07) is 11.1. The van der Waals surface area contributed by atoms with Gasteiger partial charge in [0.05, 0.1) is 11.4 Å². The van der Waals surface area contributed by atoms with E-state index in [-0.39, 0.29) is 5.56 Å². The Kier molecular flexibility index (Phi) is 5.31. The molecule has 4 heterocycles. The van der Waals surface area contributed by atoms with Gasteiger partial charge in [-0.05, 0) is 36.8 Å². The molecule has 0 aliphatic carbocycles. The van der Waals surface area contributed by atoms with Gasteiger partial charge in [-0.25, -0.2) is 4.98 Å². The minimum absolute atomic E-state index is 0.0912. The molecule has 5 aromatic rings. The van der Waals surface area contributed by atoms with E-state index < -0.39 is 0 Å². The molecule has 10 heteroatoms. The molecule has 0 radical (unpaired) electrons. The fraction of sp³-hybridized carbons (Fsp3) is 0.0952. The third kappa shape index (κ3) is 3.76. The highest BCUT2D eigenvalue weighted by molar-refractivity contribution is 7.98. The second-order valence-electron chi connectivity index (χ2n) is 6.69. The third-order valence-electron chi connectivity index (χ3n) is 4.76. The van der Waals surface area contributed by atoms with Crippen LogP contribution in [0.15, 0.2) is 70.3 Å². The first-order valence-electron chi connectivity index (χ1n) is 9.32. The van der Waals surface area contributed by atoms with Crippen LogP contribution in [0.2, 0.25) is 5.02 Å². The molecule has 0 amide bonds. The van der Waals surface area contributed by atoms with Crippen LogP contribution < -0.4 is 5.56 Å². The summed E-state index contributed by atoms with van der Waals surface area (Å²) in [6.45, 7) is 1.97. The van der Waals surface area contributed by atoms with Gasteiger partial charge in [-0.15, -0.1) is 21.5 Å². The lowest BCUT2D eigenvalue weighted by Gasteiger charge is -2.13. The number of fused-ring (bicyclic) bond motifs is 1. The molecular formula is C21H15ClN6OS2. The van der Waals surface area contributed by atoms with Gasteiger partial charge in [-0.1, -0.05) is 29.4 Å². The standard InChI is InChI=1S/C21H15ClN6OS2/c1-13-16(22)3-2-4-17(13)28-19(14-5-7-23-8-6-14)25-26-21(28)31-12-15-11-18(29)27-9-10-30-20(27)24-15/h2-11H,12H2,1H3. The van der Waals surface area contributed by atoms with E-state index in [0.29, 0.717) is 32.4 Å². The van der Waals surface area contributed by atoms with Crippen LogP contribution in [0.25, 0.3) is 22.0 Å². The Labute approximate surface area is 190 Å². The first-order chi connectivity index (χ1) is 15.1. The summed E-state index contributed by atoms with van der Waals surface area (Å²) in [7, 11) is 0. The van der Waals surface area contributed by atoms with Crippen molar-refractivity contribution in [2.45, 2.75) is 17.8 Å². The van der Waals surface area contributed by atoms with Gasteiger partial charge in [0.25, 0.3) is 5.56 Å². The highest BCUT2D eigenvalue weighted by Gasteiger charge is 2.19. The molecule has 0 atom stereocenters. The molecule has 0 aliphatic heterocycles. The number of benzene rings is 1. The van der Waals surface area contributed by atoms with Crippen molar-refractivity contribution < 1.29 is 0 Å². The summed E-state index contributed by atoms with van der Waals surface area (Å²) in [5.74, 6) is 1.18. The van der Waals surface area contributed by atoms with Gasteiger partial charge in [-0.3, -0.25) is 18.7 Å². The van der Waals surface area contributed by atoms with Crippen molar-refractivity contribution in [3.8, 4) is 17.1 Å². The van der Waals surface area contributed by atoms with E-state index in [1.54, 1.807) is 24.7 Å². The number of pyridine rings is 1. The molecule has 0 saturated carbocycles. The number of hydrogen-bond acceptors (Lipinski definition) is 7. The molecule has 1 aromatic carbocycles. The van der Waals surface area contributed by atoms with Gasteiger partial charge in [-0.2, -0.15) is 0 Å². The van der Waals surface area contributed by atoms with Crippen LogP contribution in [0.1, 0.15) is 11.3 Å². The Bertz CT molecular complexity index is 1440. The van der Waals surface area contributed by atoms with E-state index in [4.69, 9.17) is 11.6 Å². The first-order valence-corrected chi connectivity index (χ1v) is 11.6. The first kappa shape index (κ1) is 19.9. The molecule has 31 heavy (non-hydrogen) atoms. The number of thioether (sulfide) groups is 1. The molecule has 0 saturated heterocycles. The SMILES string of the molecule is Cc1c(Cl)cccc1-n1c(SCc2cc(=O)n3ccsc3n2)nnc1-c1ccncc1. The van der Waals surface area contributed by atoms with E-state index in [1.807, 2.05) is 47.2 Å². The Morgan fingerprint density at radius 3 is 2.84 bits per heavy atom. The highest BCUT2D eigenvalue weighted by Crippen LogP contribution is 2.32. The second-order valence-corrected chi connectivity index (χ2v) is 8.91. The minimum Gasteiger partial charge on any atom is -0.270 e.